The SMILES string of the molecule is CC1CN(Cc2ccnc(C#N)c2)CC(C)N1C. The van der Waals surface area contributed by atoms with Crippen molar-refractivity contribution in [3.63, 3.8) is 0 Å². The Morgan fingerprint density at radius 3 is 2.67 bits per heavy atom. The summed E-state index contributed by atoms with van der Waals surface area (Å²) >= 11 is 0. The first-order valence-corrected chi connectivity index (χ1v) is 6.39. The Bertz CT molecular complexity index is 439. The summed E-state index contributed by atoms with van der Waals surface area (Å²) < 4.78 is 0. The lowest BCUT2D eigenvalue weighted by atomic mass is 10.1. The van der Waals surface area contributed by atoms with E-state index in [0.29, 0.717) is 17.8 Å². The predicted molar refractivity (Wildman–Crippen MR) is 70.9 cm³/mol. The molecule has 0 radical (unpaired) electrons. The van der Waals surface area contributed by atoms with Crippen molar-refractivity contribution in [2.75, 3.05) is 20.1 Å². The predicted octanol–water partition coefficient (Wildman–Crippen LogP) is 1.48. The summed E-state index contributed by atoms with van der Waals surface area (Å²) in [6, 6.07) is 7.12. The van der Waals surface area contributed by atoms with Crippen LogP contribution in [0.1, 0.15) is 25.1 Å². The van der Waals surface area contributed by atoms with Gasteiger partial charge >= 0.3 is 0 Å². The maximum atomic E-state index is 8.85. The van der Waals surface area contributed by atoms with E-state index in [-0.39, 0.29) is 0 Å². The van der Waals surface area contributed by atoms with Crippen LogP contribution in [0.4, 0.5) is 0 Å². The molecule has 2 rings (SSSR count). The zero-order chi connectivity index (χ0) is 13.1. The summed E-state index contributed by atoms with van der Waals surface area (Å²) in [4.78, 5) is 8.88. The first-order chi connectivity index (χ1) is 8.60. The van der Waals surface area contributed by atoms with Gasteiger partial charge in [-0.15, -0.1) is 0 Å². The molecule has 0 saturated carbocycles. The number of aromatic nitrogens is 1. The van der Waals surface area contributed by atoms with Crippen LogP contribution in [0.3, 0.4) is 0 Å². The molecule has 2 unspecified atom stereocenters. The summed E-state index contributed by atoms with van der Waals surface area (Å²) in [7, 11) is 2.19. The van der Waals surface area contributed by atoms with Crippen molar-refractivity contribution in [3.8, 4) is 6.07 Å². The second-order valence-electron chi connectivity index (χ2n) is 5.22. The van der Waals surface area contributed by atoms with Crippen LogP contribution in [-0.2, 0) is 6.54 Å². The molecule has 0 spiro atoms. The Morgan fingerprint density at radius 2 is 2.06 bits per heavy atom. The highest BCUT2D eigenvalue weighted by atomic mass is 15.3. The van der Waals surface area contributed by atoms with Gasteiger partial charge in [-0.25, -0.2) is 4.98 Å². The molecule has 1 aliphatic heterocycles. The van der Waals surface area contributed by atoms with Gasteiger partial charge in [0.1, 0.15) is 11.8 Å². The van der Waals surface area contributed by atoms with Crippen molar-refractivity contribution in [2.24, 2.45) is 0 Å². The molecule has 0 aliphatic carbocycles. The fraction of sp³-hybridized carbons (Fsp3) is 0.571. The van der Waals surface area contributed by atoms with Crippen LogP contribution in [0.5, 0.6) is 0 Å². The fourth-order valence-corrected chi connectivity index (χ4v) is 2.53. The average molecular weight is 244 g/mol. The molecule has 0 N–H and O–H groups in total. The molecule has 2 atom stereocenters. The lowest BCUT2D eigenvalue weighted by Gasteiger charge is -2.42. The van der Waals surface area contributed by atoms with E-state index in [2.05, 4.69) is 41.7 Å². The number of nitrogens with zero attached hydrogens (tertiary/aromatic N) is 4. The van der Waals surface area contributed by atoms with Crippen molar-refractivity contribution in [2.45, 2.75) is 32.5 Å². The highest BCUT2D eigenvalue weighted by Crippen LogP contribution is 2.16. The van der Waals surface area contributed by atoms with Crippen LogP contribution in [-0.4, -0.2) is 47.0 Å². The van der Waals surface area contributed by atoms with Crippen LogP contribution in [0.2, 0.25) is 0 Å². The van der Waals surface area contributed by atoms with Crippen LogP contribution in [0.25, 0.3) is 0 Å². The summed E-state index contributed by atoms with van der Waals surface area (Å²) in [5, 5.41) is 8.85. The standard InChI is InChI=1S/C14H20N4/c1-11-8-18(9-12(2)17(11)3)10-13-4-5-16-14(6-13)7-15/h4-6,11-12H,8-10H2,1-3H3. The highest BCUT2D eigenvalue weighted by molar-refractivity contribution is 5.25. The largest absolute Gasteiger partial charge is 0.298 e. The average Bonchev–Trinajstić information content (AvgIpc) is 2.36. The number of piperazine rings is 1. The molecule has 1 aromatic rings. The Labute approximate surface area is 109 Å². The quantitative estimate of drug-likeness (QED) is 0.790. The topological polar surface area (TPSA) is 43.2 Å². The van der Waals surface area contributed by atoms with E-state index in [9.17, 15) is 0 Å². The third-order valence-electron chi connectivity index (χ3n) is 3.78. The van der Waals surface area contributed by atoms with E-state index < -0.39 is 0 Å². The summed E-state index contributed by atoms with van der Waals surface area (Å²) in [5.41, 5.74) is 1.67. The van der Waals surface area contributed by atoms with E-state index in [1.54, 1.807) is 6.20 Å². The molecule has 1 fully saturated rings. The van der Waals surface area contributed by atoms with Gasteiger partial charge < -0.3 is 0 Å². The highest BCUT2D eigenvalue weighted by Gasteiger charge is 2.26. The van der Waals surface area contributed by atoms with Gasteiger partial charge in [-0.05, 0) is 38.6 Å². The molecule has 0 aromatic carbocycles. The minimum absolute atomic E-state index is 0.503. The van der Waals surface area contributed by atoms with Crippen molar-refractivity contribution in [1.29, 1.82) is 5.26 Å². The second-order valence-corrected chi connectivity index (χ2v) is 5.22. The van der Waals surface area contributed by atoms with Crippen LogP contribution in [0.15, 0.2) is 18.3 Å². The van der Waals surface area contributed by atoms with E-state index in [1.165, 1.54) is 5.56 Å². The summed E-state index contributed by atoms with van der Waals surface area (Å²) in [6.45, 7) is 7.57. The number of pyridine rings is 1. The van der Waals surface area contributed by atoms with Crippen LogP contribution in [0, 0.1) is 11.3 Å². The molecule has 4 nitrogen and oxygen atoms in total. The molecule has 4 heteroatoms. The molecular formula is C14H20N4. The number of likely N-dealkylation sites (N-methyl/N-ethyl adjacent to an activating group) is 1. The molecule has 1 saturated heterocycles. The Balaban J connectivity index is 2.03. The molecule has 2 heterocycles. The smallest absolute Gasteiger partial charge is 0.140 e. The lowest BCUT2D eigenvalue weighted by molar-refractivity contribution is 0.0556. The van der Waals surface area contributed by atoms with Crippen molar-refractivity contribution < 1.29 is 0 Å². The van der Waals surface area contributed by atoms with Gasteiger partial charge in [0.25, 0.3) is 0 Å². The maximum absolute atomic E-state index is 8.85. The minimum atomic E-state index is 0.503. The van der Waals surface area contributed by atoms with Crippen LogP contribution >= 0.6 is 0 Å². The van der Waals surface area contributed by atoms with Crippen molar-refractivity contribution >= 4 is 0 Å². The molecule has 0 amide bonds. The number of hydrogen-bond acceptors (Lipinski definition) is 4. The molecule has 1 aromatic heterocycles. The third-order valence-corrected chi connectivity index (χ3v) is 3.78. The number of hydrogen-bond donors (Lipinski definition) is 0. The summed E-state index contributed by atoms with van der Waals surface area (Å²) in [6.07, 6.45) is 1.72. The van der Waals surface area contributed by atoms with Gasteiger partial charge in [-0.2, -0.15) is 5.26 Å². The number of nitriles is 1. The van der Waals surface area contributed by atoms with Gasteiger partial charge in [0.15, 0.2) is 0 Å². The van der Waals surface area contributed by atoms with Gasteiger partial charge in [0, 0.05) is 37.9 Å². The second kappa shape index (κ2) is 5.47. The number of rotatable bonds is 2. The maximum Gasteiger partial charge on any atom is 0.140 e. The van der Waals surface area contributed by atoms with Gasteiger partial charge in [0.05, 0.1) is 0 Å². The van der Waals surface area contributed by atoms with Crippen molar-refractivity contribution in [3.05, 3.63) is 29.6 Å². The van der Waals surface area contributed by atoms with Gasteiger partial charge in [-0.3, -0.25) is 9.80 Å². The van der Waals surface area contributed by atoms with E-state index in [4.69, 9.17) is 5.26 Å². The zero-order valence-electron chi connectivity index (χ0n) is 11.3. The first-order valence-electron chi connectivity index (χ1n) is 6.39. The molecule has 0 bridgehead atoms. The Kier molecular flexibility index (Phi) is 3.95. The van der Waals surface area contributed by atoms with E-state index in [1.807, 2.05) is 12.1 Å². The molecule has 18 heavy (non-hydrogen) atoms. The first kappa shape index (κ1) is 13.0. The van der Waals surface area contributed by atoms with E-state index in [0.717, 1.165) is 19.6 Å². The third kappa shape index (κ3) is 2.87. The van der Waals surface area contributed by atoms with Gasteiger partial charge in [0.2, 0.25) is 0 Å². The minimum Gasteiger partial charge on any atom is -0.298 e. The van der Waals surface area contributed by atoms with E-state index >= 15 is 0 Å². The molecule has 96 valence electrons. The zero-order valence-corrected chi connectivity index (χ0v) is 11.3. The normalized spacial score (nSPS) is 25.9. The summed E-state index contributed by atoms with van der Waals surface area (Å²) in [5.74, 6) is 0. The molecular weight excluding hydrogens is 224 g/mol. The molecule has 1 aliphatic rings. The monoisotopic (exact) mass is 244 g/mol. The lowest BCUT2D eigenvalue weighted by Crippen LogP contribution is -2.54. The fourth-order valence-electron chi connectivity index (χ4n) is 2.53. The Morgan fingerprint density at radius 1 is 1.39 bits per heavy atom. The van der Waals surface area contributed by atoms with Crippen LogP contribution < -0.4 is 0 Å². The van der Waals surface area contributed by atoms with Gasteiger partial charge in [-0.1, -0.05) is 0 Å². The Hall–Kier alpha value is -1.44. The van der Waals surface area contributed by atoms with Crippen molar-refractivity contribution in [1.82, 2.24) is 14.8 Å².